The van der Waals surface area contributed by atoms with Gasteiger partial charge in [-0.3, -0.25) is 0 Å². The first-order valence-corrected chi connectivity index (χ1v) is 9.52. The molecule has 0 saturated carbocycles. The third kappa shape index (κ3) is 3.57. The molecule has 4 rings (SSSR count). The predicted molar refractivity (Wildman–Crippen MR) is 98.5 cm³/mol. The Morgan fingerprint density at radius 1 is 1.31 bits per heavy atom. The molecule has 0 unspecified atom stereocenters. The van der Waals surface area contributed by atoms with Crippen molar-refractivity contribution in [2.45, 2.75) is 57.8 Å². The molecule has 2 aliphatic heterocycles. The van der Waals surface area contributed by atoms with Crippen LogP contribution in [0.4, 0.5) is 0 Å². The topological polar surface area (TPSA) is 57.5 Å². The highest BCUT2D eigenvalue weighted by Gasteiger charge is 2.33. The highest BCUT2D eigenvalue weighted by atomic mass is 16.7. The lowest BCUT2D eigenvalue weighted by Crippen LogP contribution is -2.39. The van der Waals surface area contributed by atoms with Crippen LogP contribution < -0.4 is 14.8 Å². The van der Waals surface area contributed by atoms with Crippen molar-refractivity contribution in [3.05, 3.63) is 42.0 Å². The highest BCUT2D eigenvalue weighted by Crippen LogP contribution is 2.33. The van der Waals surface area contributed by atoms with E-state index in [1.54, 1.807) is 0 Å². The van der Waals surface area contributed by atoms with E-state index in [1.807, 2.05) is 18.5 Å². The predicted octanol–water partition coefficient (Wildman–Crippen LogP) is 3.07. The molecule has 0 spiro atoms. The lowest BCUT2D eigenvalue weighted by molar-refractivity contribution is 0.0867. The van der Waals surface area contributed by atoms with Crippen LogP contribution >= 0.6 is 0 Å². The molecule has 26 heavy (non-hydrogen) atoms. The Bertz CT molecular complexity index is 746. The monoisotopic (exact) mass is 357 g/mol. The fourth-order valence-electron chi connectivity index (χ4n) is 3.79. The van der Waals surface area contributed by atoms with E-state index < -0.39 is 0 Å². The molecular weight excluding hydrogens is 330 g/mol. The summed E-state index contributed by atoms with van der Waals surface area (Å²) in [4.78, 5) is 4.53. The molecule has 0 amide bonds. The van der Waals surface area contributed by atoms with Gasteiger partial charge in [0.1, 0.15) is 11.9 Å². The van der Waals surface area contributed by atoms with Crippen molar-refractivity contribution in [2.24, 2.45) is 0 Å². The number of nitrogens with zero attached hydrogens (tertiary/aromatic N) is 2. The second-order valence-corrected chi connectivity index (χ2v) is 7.05. The summed E-state index contributed by atoms with van der Waals surface area (Å²) in [5.74, 6) is 2.74. The van der Waals surface area contributed by atoms with E-state index in [2.05, 4.69) is 40.8 Å². The molecule has 6 nitrogen and oxygen atoms in total. The smallest absolute Gasteiger partial charge is 0.231 e. The standard InChI is InChI=1S/C20H27N3O3/c1-3-23-10-9-21-20(23)19-16(8-11-24-19)22-14(2)4-5-15-6-7-17-18(12-15)26-13-25-17/h6-7,9-10,12,14,16,19,22H,3-5,8,11,13H2,1-2H3/t14-,16-,19-/m0/s1. The van der Waals surface area contributed by atoms with Crippen LogP contribution in [0.15, 0.2) is 30.6 Å². The molecule has 0 aliphatic carbocycles. The number of hydrogen-bond donors (Lipinski definition) is 1. The quantitative estimate of drug-likeness (QED) is 0.825. The molecule has 3 atom stereocenters. The van der Waals surface area contributed by atoms with Gasteiger partial charge in [0, 0.05) is 37.6 Å². The Morgan fingerprint density at radius 2 is 2.19 bits per heavy atom. The van der Waals surface area contributed by atoms with Gasteiger partial charge in [-0.15, -0.1) is 0 Å². The normalized spacial score (nSPS) is 22.7. The van der Waals surface area contributed by atoms with Crippen LogP contribution in [-0.2, 0) is 17.7 Å². The van der Waals surface area contributed by atoms with Gasteiger partial charge < -0.3 is 24.1 Å². The molecule has 2 aliphatic rings. The highest BCUT2D eigenvalue weighted by molar-refractivity contribution is 5.44. The summed E-state index contributed by atoms with van der Waals surface area (Å²) in [7, 11) is 0. The fourth-order valence-corrected chi connectivity index (χ4v) is 3.79. The van der Waals surface area contributed by atoms with E-state index in [4.69, 9.17) is 14.2 Å². The molecule has 0 radical (unpaired) electrons. The Morgan fingerprint density at radius 3 is 3.08 bits per heavy atom. The van der Waals surface area contributed by atoms with Gasteiger partial charge in [0.05, 0.1) is 0 Å². The van der Waals surface area contributed by atoms with Crippen molar-refractivity contribution in [3.8, 4) is 11.5 Å². The third-order valence-electron chi connectivity index (χ3n) is 5.24. The third-order valence-corrected chi connectivity index (χ3v) is 5.24. The van der Waals surface area contributed by atoms with E-state index in [1.165, 1.54) is 5.56 Å². The van der Waals surface area contributed by atoms with E-state index in [0.29, 0.717) is 18.9 Å². The number of rotatable bonds is 7. The van der Waals surface area contributed by atoms with E-state index in [-0.39, 0.29) is 6.10 Å². The van der Waals surface area contributed by atoms with Crippen LogP contribution in [-0.4, -0.2) is 35.0 Å². The summed E-state index contributed by atoms with van der Waals surface area (Å²) in [6, 6.07) is 6.93. The molecule has 1 N–H and O–H groups in total. The fraction of sp³-hybridized carbons (Fsp3) is 0.550. The SMILES string of the molecule is CCn1ccnc1[C@H]1OCC[C@@H]1N[C@@H](C)CCc1ccc2c(c1)OCO2. The number of fused-ring (bicyclic) bond motifs is 1. The van der Waals surface area contributed by atoms with E-state index in [0.717, 1.165) is 49.7 Å². The number of benzene rings is 1. The molecular formula is C20H27N3O3. The first-order chi connectivity index (χ1) is 12.7. The van der Waals surface area contributed by atoms with Crippen molar-refractivity contribution in [2.75, 3.05) is 13.4 Å². The van der Waals surface area contributed by atoms with Crippen molar-refractivity contribution >= 4 is 0 Å². The van der Waals surface area contributed by atoms with E-state index >= 15 is 0 Å². The Balaban J connectivity index is 1.33. The minimum absolute atomic E-state index is 0.0398. The molecule has 1 saturated heterocycles. The number of aromatic nitrogens is 2. The summed E-state index contributed by atoms with van der Waals surface area (Å²) in [5.41, 5.74) is 1.28. The van der Waals surface area contributed by atoms with Crippen molar-refractivity contribution in [1.82, 2.24) is 14.9 Å². The summed E-state index contributed by atoms with van der Waals surface area (Å²) < 4.78 is 19.0. The Kier molecular flexibility index (Phi) is 5.13. The van der Waals surface area contributed by atoms with Crippen LogP contribution in [0.1, 0.15) is 44.2 Å². The maximum absolute atomic E-state index is 5.99. The summed E-state index contributed by atoms with van der Waals surface area (Å²) >= 11 is 0. The average Bonchev–Trinajstić information content (AvgIpc) is 3.38. The van der Waals surface area contributed by atoms with Gasteiger partial charge in [-0.05, 0) is 50.8 Å². The first kappa shape index (κ1) is 17.4. The molecule has 3 heterocycles. The molecule has 6 heteroatoms. The van der Waals surface area contributed by atoms with Gasteiger partial charge in [-0.1, -0.05) is 6.07 Å². The molecule has 1 aromatic heterocycles. The summed E-state index contributed by atoms with van der Waals surface area (Å²) in [5, 5.41) is 3.76. The number of hydrogen-bond acceptors (Lipinski definition) is 5. The number of ether oxygens (including phenoxy) is 3. The van der Waals surface area contributed by atoms with E-state index in [9.17, 15) is 0 Å². The zero-order chi connectivity index (χ0) is 17.9. The van der Waals surface area contributed by atoms with Gasteiger partial charge in [0.25, 0.3) is 0 Å². The zero-order valence-electron chi connectivity index (χ0n) is 15.5. The Hall–Kier alpha value is -2.05. The molecule has 0 bridgehead atoms. The molecule has 1 fully saturated rings. The van der Waals surface area contributed by atoms with Crippen molar-refractivity contribution in [3.63, 3.8) is 0 Å². The van der Waals surface area contributed by atoms with Crippen molar-refractivity contribution < 1.29 is 14.2 Å². The minimum Gasteiger partial charge on any atom is -0.454 e. The number of nitrogens with one attached hydrogen (secondary N) is 1. The van der Waals surface area contributed by atoms with Crippen LogP contribution in [0.5, 0.6) is 11.5 Å². The largest absolute Gasteiger partial charge is 0.454 e. The zero-order valence-corrected chi connectivity index (χ0v) is 15.5. The minimum atomic E-state index is 0.0398. The van der Waals surface area contributed by atoms with Crippen LogP contribution in [0, 0.1) is 0 Å². The van der Waals surface area contributed by atoms with Gasteiger partial charge in [-0.2, -0.15) is 0 Å². The van der Waals surface area contributed by atoms with Crippen LogP contribution in [0.3, 0.4) is 0 Å². The number of imidazole rings is 1. The first-order valence-electron chi connectivity index (χ1n) is 9.52. The summed E-state index contributed by atoms with van der Waals surface area (Å²) in [6.45, 7) is 6.41. The maximum Gasteiger partial charge on any atom is 0.231 e. The van der Waals surface area contributed by atoms with Gasteiger partial charge in [0.15, 0.2) is 11.5 Å². The second-order valence-electron chi connectivity index (χ2n) is 7.05. The lowest BCUT2D eigenvalue weighted by Gasteiger charge is -2.24. The number of aryl methyl sites for hydroxylation is 2. The van der Waals surface area contributed by atoms with Crippen molar-refractivity contribution in [1.29, 1.82) is 0 Å². The Labute approximate surface area is 154 Å². The second kappa shape index (κ2) is 7.68. The van der Waals surface area contributed by atoms with Gasteiger partial charge >= 0.3 is 0 Å². The molecule has 140 valence electrons. The maximum atomic E-state index is 5.99. The molecule has 1 aromatic carbocycles. The van der Waals surface area contributed by atoms with Crippen LogP contribution in [0.25, 0.3) is 0 Å². The lowest BCUT2D eigenvalue weighted by atomic mass is 10.0. The van der Waals surface area contributed by atoms with Crippen LogP contribution in [0.2, 0.25) is 0 Å². The van der Waals surface area contributed by atoms with Gasteiger partial charge in [-0.25, -0.2) is 4.98 Å². The average molecular weight is 357 g/mol. The van der Waals surface area contributed by atoms with Gasteiger partial charge in [0.2, 0.25) is 6.79 Å². The summed E-state index contributed by atoms with van der Waals surface area (Å²) in [6.07, 6.45) is 7.02. The molecule has 2 aromatic rings.